The summed E-state index contributed by atoms with van der Waals surface area (Å²) in [6.07, 6.45) is 5.45. The summed E-state index contributed by atoms with van der Waals surface area (Å²) in [5, 5.41) is 0.411. The molecule has 1 aromatic rings. The van der Waals surface area contributed by atoms with E-state index < -0.39 is 5.97 Å². The number of benzene rings is 1. The first-order valence-corrected chi connectivity index (χ1v) is 10.3. The molecule has 2 amide bonds. The van der Waals surface area contributed by atoms with Gasteiger partial charge in [-0.3, -0.25) is 9.59 Å². The first-order valence-electron chi connectivity index (χ1n) is 9.89. The molecule has 0 aromatic heterocycles. The summed E-state index contributed by atoms with van der Waals surface area (Å²) in [6, 6.07) is 4.90. The lowest BCUT2D eigenvalue weighted by atomic mass is 9.87. The molecule has 6 nitrogen and oxygen atoms in total. The molecule has 7 heteroatoms. The van der Waals surface area contributed by atoms with Crippen LogP contribution in [0.3, 0.4) is 0 Å². The van der Waals surface area contributed by atoms with Gasteiger partial charge < -0.3 is 14.5 Å². The van der Waals surface area contributed by atoms with Crippen LogP contribution >= 0.6 is 11.6 Å². The zero-order chi connectivity index (χ0) is 20.3. The van der Waals surface area contributed by atoms with Gasteiger partial charge in [-0.25, -0.2) is 4.79 Å². The molecule has 1 heterocycles. The van der Waals surface area contributed by atoms with Crippen molar-refractivity contribution in [3.8, 4) is 0 Å². The van der Waals surface area contributed by atoms with Crippen molar-refractivity contribution in [3.05, 3.63) is 28.8 Å². The van der Waals surface area contributed by atoms with Gasteiger partial charge in [-0.15, -0.1) is 0 Å². The zero-order valence-electron chi connectivity index (χ0n) is 16.4. The smallest absolute Gasteiger partial charge is 0.338 e. The molecule has 1 aliphatic carbocycles. The number of hydrogen-bond donors (Lipinski definition) is 0. The third-order valence-electron chi connectivity index (χ3n) is 5.80. The van der Waals surface area contributed by atoms with E-state index in [0.29, 0.717) is 29.6 Å². The predicted molar refractivity (Wildman–Crippen MR) is 108 cm³/mol. The number of esters is 1. The van der Waals surface area contributed by atoms with Crippen LogP contribution in [0.1, 0.15) is 55.8 Å². The number of carbonyl (C=O) groups excluding carboxylic acids is 3. The SMILES string of the molecule is CC1CCC(N(C)C(=O)COC(=O)c2ccc(Cl)c(N3CCCC3=O)c2)CC1. The lowest BCUT2D eigenvalue weighted by molar-refractivity contribution is -0.136. The summed E-state index contributed by atoms with van der Waals surface area (Å²) in [5.74, 6) is -0.0921. The molecule has 1 aliphatic heterocycles. The summed E-state index contributed by atoms with van der Waals surface area (Å²) in [5.41, 5.74) is 0.791. The van der Waals surface area contributed by atoms with Crippen LogP contribution in [0, 0.1) is 5.92 Å². The quantitative estimate of drug-likeness (QED) is 0.700. The fourth-order valence-electron chi connectivity index (χ4n) is 3.90. The molecule has 0 unspecified atom stereocenters. The van der Waals surface area contributed by atoms with E-state index in [2.05, 4.69) is 6.92 Å². The molecule has 1 saturated carbocycles. The van der Waals surface area contributed by atoms with Crippen molar-refractivity contribution in [2.75, 3.05) is 25.1 Å². The van der Waals surface area contributed by atoms with E-state index in [-0.39, 0.29) is 30.0 Å². The third kappa shape index (κ3) is 4.66. The molecular weight excluding hydrogens is 380 g/mol. The fraction of sp³-hybridized carbons (Fsp3) is 0.571. The number of halogens is 1. The third-order valence-corrected chi connectivity index (χ3v) is 6.12. The standard InChI is InChI=1S/C21H27ClN2O4/c1-14-5-8-16(9-6-14)23(2)20(26)13-28-21(27)15-7-10-17(22)18(12-15)24-11-3-4-19(24)25/h7,10,12,14,16H,3-6,8-9,11,13H2,1-2H3. The number of amides is 2. The minimum absolute atomic E-state index is 0.00831. The number of hydrogen-bond acceptors (Lipinski definition) is 4. The van der Waals surface area contributed by atoms with Gasteiger partial charge in [0.05, 0.1) is 16.3 Å². The van der Waals surface area contributed by atoms with Crippen LogP contribution in [0.15, 0.2) is 18.2 Å². The lowest BCUT2D eigenvalue weighted by Crippen LogP contribution is -2.41. The van der Waals surface area contributed by atoms with Crippen LogP contribution < -0.4 is 4.90 Å². The molecule has 0 bridgehead atoms. The summed E-state index contributed by atoms with van der Waals surface area (Å²) in [7, 11) is 1.77. The monoisotopic (exact) mass is 406 g/mol. The highest BCUT2D eigenvalue weighted by Gasteiger charge is 2.27. The minimum Gasteiger partial charge on any atom is -0.452 e. The van der Waals surface area contributed by atoms with Crippen molar-refractivity contribution in [2.24, 2.45) is 5.92 Å². The average Bonchev–Trinajstić information content (AvgIpc) is 3.12. The number of ether oxygens (including phenoxy) is 1. The molecule has 2 aliphatic rings. The highest BCUT2D eigenvalue weighted by atomic mass is 35.5. The molecule has 2 fully saturated rings. The second kappa shape index (κ2) is 8.95. The Kier molecular flexibility index (Phi) is 6.60. The first kappa shape index (κ1) is 20.6. The van der Waals surface area contributed by atoms with Gasteiger partial charge in [-0.1, -0.05) is 18.5 Å². The Bertz CT molecular complexity index is 759. The first-order chi connectivity index (χ1) is 13.4. The Balaban J connectivity index is 1.59. The van der Waals surface area contributed by atoms with Crippen molar-refractivity contribution in [1.82, 2.24) is 4.90 Å². The van der Waals surface area contributed by atoms with E-state index in [1.165, 1.54) is 0 Å². The average molecular weight is 407 g/mol. The summed E-state index contributed by atoms with van der Waals surface area (Å²) >= 11 is 6.20. The number of likely N-dealkylation sites (N-methyl/N-ethyl adjacent to an activating group) is 1. The van der Waals surface area contributed by atoms with E-state index in [0.717, 1.165) is 32.1 Å². The zero-order valence-corrected chi connectivity index (χ0v) is 17.2. The fourth-order valence-corrected chi connectivity index (χ4v) is 4.11. The molecule has 1 aromatic carbocycles. The van der Waals surface area contributed by atoms with Crippen molar-refractivity contribution in [1.29, 1.82) is 0 Å². The topological polar surface area (TPSA) is 66.9 Å². The van der Waals surface area contributed by atoms with Crippen molar-refractivity contribution in [2.45, 2.75) is 51.5 Å². The lowest BCUT2D eigenvalue weighted by Gasteiger charge is -2.33. The van der Waals surface area contributed by atoms with E-state index in [9.17, 15) is 14.4 Å². The van der Waals surface area contributed by atoms with Gasteiger partial charge in [0.2, 0.25) is 5.91 Å². The van der Waals surface area contributed by atoms with Gasteiger partial charge in [0.25, 0.3) is 5.91 Å². The molecule has 1 saturated heterocycles. The van der Waals surface area contributed by atoms with Crippen LogP contribution in [0.5, 0.6) is 0 Å². The van der Waals surface area contributed by atoms with Crippen molar-refractivity contribution < 1.29 is 19.1 Å². The normalized spacial score (nSPS) is 22.2. The Labute approximate surface area is 170 Å². The Morgan fingerprint density at radius 2 is 1.96 bits per heavy atom. The molecule has 28 heavy (non-hydrogen) atoms. The van der Waals surface area contributed by atoms with Crippen molar-refractivity contribution in [3.63, 3.8) is 0 Å². The Morgan fingerprint density at radius 3 is 2.61 bits per heavy atom. The van der Waals surface area contributed by atoms with Gasteiger partial charge in [0.15, 0.2) is 6.61 Å². The van der Waals surface area contributed by atoms with Crippen LogP contribution in [0.2, 0.25) is 5.02 Å². The number of nitrogens with zero attached hydrogens (tertiary/aromatic N) is 2. The molecule has 0 radical (unpaired) electrons. The van der Waals surface area contributed by atoms with Gasteiger partial charge in [-0.05, 0) is 56.2 Å². The van der Waals surface area contributed by atoms with Gasteiger partial charge in [0.1, 0.15) is 0 Å². The maximum Gasteiger partial charge on any atom is 0.338 e. The molecule has 0 atom stereocenters. The van der Waals surface area contributed by atoms with Gasteiger partial charge >= 0.3 is 5.97 Å². The molecule has 0 spiro atoms. The Hall–Kier alpha value is -2.08. The predicted octanol–water partition coefficient (Wildman–Crippen LogP) is 3.66. The summed E-state index contributed by atoms with van der Waals surface area (Å²) < 4.78 is 5.23. The van der Waals surface area contributed by atoms with E-state index in [1.807, 2.05) is 0 Å². The van der Waals surface area contributed by atoms with Crippen molar-refractivity contribution >= 4 is 35.1 Å². The Morgan fingerprint density at radius 1 is 1.25 bits per heavy atom. The van der Waals surface area contributed by atoms with Gasteiger partial charge in [-0.2, -0.15) is 0 Å². The summed E-state index contributed by atoms with van der Waals surface area (Å²) in [4.78, 5) is 40.1. The van der Waals surface area contributed by atoms with E-state index in [1.54, 1.807) is 35.0 Å². The van der Waals surface area contributed by atoms with Crippen LogP contribution in [-0.4, -0.2) is 48.9 Å². The number of carbonyl (C=O) groups is 3. The highest BCUT2D eigenvalue weighted by Crippen LogP contribution is 2.31. The highest BCUT2D eigenvalue weighted by molar-refractivity contribution is 6.34. The number of anilines is 1. The van der Waals surface area contributed by atoms with E-state index >= 15 is 0 Å². The minimum atomic E-state index is -0.594. The van der Waals surface area contributed by atoms with E-state index in [4.69, 9.17) is 16.3 Å². The maximum absolute atomic E-state index is 12.4. The number of rotatable bonds is 5. The molecular formula is C21H27ClN2O4. The molecule has 152 valence electrons. The van der Waals surface area contributed by atoms with Gasteiger partial charge in [0, 0.05) is 26.1 Å². The maximum atomic E-state index is 12.4. The molecule has 3 rings (SSSR count). The largest absolute Gasteiger partial charge is 0.452 e. The summed E-state index contributed by atoms with van der Waals surface area (Å²) in [6.45, 7) is 2.53. The second-order valence-corrected chi connectivity index (χ2v) is 8.22. The molecule has 0 N–H and O–H groups in total. The van der Waals surface area contributed by atoms with Crippen LogP contribution in [0.25, 0.3) is 0 Å². The van der Waals surface area contributed by atoms with Crippen LogP contribution in [-0.2, 0) is 14.3 Å². The second-order valence-electron chi connectivity index (χ2n) is 7.81. The van der Waals surface area contributed by atoms with Crippen LogP contribution in [0.4, 0.5) is 5.69 Å².